The first-order valence-corrected chi connectivity index (χ1v) is 8.01. The van der Waals surface area contributed by atoms with Gasteiger partial charge in [0.15, 0.2) is 0 Å². The van der Waals surface area contributed by atoms with Crippen molar-refractivity contribution in [1.29, 1.82) is 0 Å². The number of nitrogens with zero attached hydrogens (tertiary/aromatic N) is 1. The van der Waals surface area contributed by atoms with E-state index in [0.29, 0.717) is 27.9 Å². The first-order chi connectivity index (χ1) is 10.6. The van der Waals surface area contributed by atoms with Gasteiger partial charge in [-0.05, 0) is 44.8 Å². The van der Waals surface area contributed by atoms with Crippen LogP contribution in [0, 0.1) is 5.92 Å². The Balaban J connectivity index is 2.05. The minimum Gasteiger partial charge on any atom is -0.496 e. The van der Waals surface area contributed by atoms with Crippen LogP contribution in [0.1, 0.15) is 29.6 Å². The first kappa shape index (κ1) is 16.9. The molecule has 0 aliphatic carbocycles. The van der Waals surface area contributed by atoms with Gasteiger partial charge in [0.05, 0.1) is 23.4 Å². The van der Waals surface area contributed by atoms with Crippen LogP contribution in [0.4, 0.5) is 5.69 Å². The number of ether oxygens (including phenoxy) is 1. The summed E-state index contributed by atoms with van der Waals surface area (Å²) >= 11 is 6.05. The van der Waals surface area contributed by atoms with Crippen molar-refractivity contribution in [2.75, 3.05) is 39.5 Å². The van der Waals surface area contributed by atoms with Crippen LogP contribution in [0.25, 0.3) is 0 Å². The molecule has 22 heavy (non-hydrogen) atoms. The Morgan fingerprint density at radius 2 is 2.14 bits per heavy atom. The molecule has 1 saturated heterocycles. The van der Waals surface area contributed by atoms with E-state index in [9.17, 15) is 4.79 Å². The van der Waals surface area contributed by atoms with Crippen molar-refractivity contribution in [3.8, 4) is 5.75 Å². The Labute approximate surface area is 136 Å². The van der Waals surface area contributed by atoms with Crippen molar-refractivity contribution < 1.29 is 9.53 Å². The topological polar surface area (TPSA) is 67.6 Å². The highest BCUT2D eigenvalue weighted by atomic mass is 35.5. The molecule has 0 aromatic heterocycles. The molecule has 1 amide bonds. The highest BCUT2D eigenvalue weighted by Gasteiger charge is 2.25. The number of nitrogens with two attached hydrogens (primary N) is 1. The smallest absolute Gasteiger partial charge is 0.257 e. The van der Waals surface area contributed by atoms with E-state index in [1.807, 2.05) is 11.9 Å². The number of halogens is 1. The lowest BCUT2D eigenvalue weighted by molar-refractivity contribution is 0.0684. The number of amides is 1. The van der Waals surface area contributed by atoms with Crippen molar-refractivity contribution in [3.05, 3.63) is 22.7 Å². The second-order valence-corrected chi connectivity index (χ2v) is 6.11. The molecule has 0 unspecified atom stereocenters. The number of hydrogen-bond donors (Lipinski definition) is 2. The normalized spacial score (nSPS) is 15.9. The first-order valence-electron chi connectivity index (χ1n) is 7.63. The molecule has 1 aromatic rings. The second-order valence-electron chi connectivity index (χ2n) is 5.70. The zero-order valence-corrected chi connectivity index (χ0v) is 13.9. The van der Waals surface area contributed by atoms with Gasteiger partial charge in [-0.2, -0.15) is 0 Å². The number of likely N-dealkylation sites (tertiary alicyclic amines) is 1. The molecular formula is C16H24ClN3O2. The maximum atomic E-state index is 12.7. The third kappa shape index (κ3) is 3.84. The molecule has 0 bridgehead atoms. The number of carbonyl (C=O) groups is 1. The lowest BCUT2D eigenvalue weighted by Gasteiger charge is -2.32. The van der Waals surface area contributed by atoms with Crippen LogP contribution in [0.2, 0.25) is 5.02 Å². The molecule has 0 spiro atoms. The summed E-state index contributed by atoms with van der Waals surface area (Å²) in [7, 11) is 3.50. The number of rotatable bonds is 5. The monoisotopic (exact) mass is 325 g/mol. The number of methoxy groups -OCH3 is 1. The van der Waals surface area contributed by atoms with Crippen molar-refractivity contribution in [1.82, 2.24) is 10.2 Å². The van der Waals surface area contributed by atoms with Gasteiger partial charge in [0, 0.05) is 19.2 Å². The molecule has 0 saturated carbocycles. The Bertz CT molecular complexity index is 528. The number of benzene rings is 1. The van der Waals surface area contributed by atoms with E-state index < -0.39 is 0 Å². The minimum atomic E-state index is -0.0363. The summed E-state index contributed by atoms with van der Waals surface area (Å²) in [5.41, 5.74) is 6.66. The van der Waals surface area contributed by atoms with Gasteiger partial charge in [-0.15, -0.1) is 0 Å². The highest BCUT2D eigenvalue weighted by Crippen LogP contribution is 2.31. The van der Waals surface area contributed by atoms with E-state index in [4.69, 9.17) is 22.1 Å². The lowest BCUT2D eigenvalue weighted by atomic mass is 9.93. The zero-order chi connectivity index (χ0) is 16.1. The fraction of sp³-hybridized carbons (Fsp3) is 0.562. The van der Waals surface area contributed by atoms with Crippen molar-refractivity contribution in [2.24, 2.45) is 5.92 Å². The van der Waals surface area contributed by atoms with E-state index in [-0.39, 0.29) is 5.91 Å². The van der Waals surface area contributed by atoms with Gasteiger partial charge in [0.1, 0.15) is 5.75 Å². The van der Waals surface area contributed by atoms with Crippen LogP contribution in [0.3, 0.4) is 0 Å². The van der Waals surface area contributed by atoms with Crippen LogP contribution < -0.4 is 15.8 Å². The van der Waals surface area contributed by atoms with Gasteiger partial charge >= 0.3 is 0 Å². The van der Waals surface area contributed by atoms with Gasteiger partial charge in [0.2, 0.25) is 0 Å². The van der Waals surface area contributed by atoms with Crippen molar-refractivity contribution in [3.63, 3.8) is 0 Å². The number of nitrogen functional groups attached to an aromatic ring is 1. The molecule has 1 aliphatic rings. The molecule has 3 N–H and O–H groups in total. The lowest BCUT2D eigenvalue weighted by Crippen LogP contribution is -2.39. The van der Waals surface area contributed by atoms with E-state index in [1.165, 1.54) is 7.11 Å². The van der Waals surface area contributed by atoms with Gasteiger partial charge in [-0.1, -0.05) is 11.6 Å². The maximum Gasteiger partial charge on any atom is 0.257 e. The summed E-state index contributed by atoms with van der Waals surface area (Å²) in [5, 5.41) is 3.56. The van der Waals surface area contributed by atoms with Crippen LogP contribution >= 0.6 is 11.6 Å². The zero-order valence-electron chi connectivity index (χ0n) is 13.2. The van der Waals surface area contributed by atoms with Crippen LogP contribution in [-0.4, -0.2) is 44.6 Å². The molecule has 2 rings (SSSR count). The Kier molecular flexibility index (Phi) is 5.91. The minimum absolute atomic E-state index is 0.0363. The van der Waals surface area contributed by atoms with Gasteiger partial charge < -0.3 is 20.7 Å². The summed E-state index contributed by atoms with van der Waals surface area (Å²) in [6.45, 7) is 2.58. The standard InChI is InChI=1S/C16H24ClN3O2/c1-19-6-3-11-4-7-20(8-5-11)16(21)12-9-13(17)14(18)10-15(12)22-2/h9-11,19H,3-8,18H2,1-2H3. The van der Waals surface area contributed by atoms with Crippen LogP contribution in [0.5, 0.6) is 5.75 Å². The predicted molar refractivity (Wildman–Crippen MR) is 89.6 cm³/mol. The fourth-order valence-electron chi connectivity index (χ4n) is 2.85. The number of hydrogen-bond acceptors (Lipinski definition) is 4. The maximum absolute atomic E-state index is 12.7. The molecule has 0 radical (unpaired) electrons. The summed E-state index contributed by atoms with van der Waals surface area (Å²) in [6, 6.07) is 3.21. The van der Waals surface area contributed by atoms with E-state index in [0.717, 1.165) is 38.9 Å². The molecule has 0 atom stereocenters. The second kappa shape index (κ2) is 7.70. The quantitative estimate of drug-likeness (QED) is 0.816. The Hall–Kier alpha value is -1.46. The predicted octanol–water partition coefficient (Wildman–Crippen LogP) is 2.39. The molecule has 1 aromatic carbocycles. The number of anilines is 1. The van der Waals surface area contributed by atoms with E-state index >= 15 is 0 Å². The van der Waals surface area contributed by atoms with Gasteiger partial charge in [0.25, 0.3) is 5.91 Å². The van der Waals surface area contributed by atoms with Crippen molar-refractivity contribution in [2.45, 2.75) is 19.3 Å². The molecule has 122 valence electrons. The van der Waals surface area contributed by atoms with Crippen LogP contribution in [-0.2, 0) is 0 Å². The summed E-state index contributed by atoms with van der Waals surface area (Å²) < 4.78 is 5.27. The average molecular weight is 326 g/mol. The number of carbonyl (C=O) groups excluding carboxylic acids is 1. The summed E-state index contributed by atoms with van der Waals surface area (Å²) in [4.78, 5) is 14.6. The summed E-state index contributed by atoms with van der Waals surface area (Å²) in [5.74, 6) is 1.13. The Morgan fingerprint density at radius 1 is 1.45 bits per heavy atom. The molecule has 5 nitrogen and oxygen atoms in total. The van der Waals surface area contributed by atoms with Crippen molar-refractivity contribution >= 4 is 23.2 Å². The Morgan fingerprint density at radius 3 is 2.73 bits per heavy atom. The molecule has 1 heterocycles. The van der Waals surface area contributed by atoms with Crippen LogP contribution in [0.15, 0.2) is 12.1 Å². The molecule has 1 fully saturated rings. The van der Waals surface area contributed by atoms with Gasteiger partial charge in [-0.3, -0.25) is 4.79 Å². The third-order valence-corrected chi connectivity index (χ3v) is 4.58. The number of piperidine rings is 1. The average Bonchev–Trinajstić information content (AvgIpc) is 2.54. The third-order valence-electron chi connectivity index (χ3n) is 4.25. The van der Waals surface area contributed by atoms with E-state index in [2.05, 4.69) is 5.32 Å². The largest absolute Gasteiger partial charge is 0.496 e. The summed E-state index contributed by atoms with van der Waals surface area (Å²) in [6.07, 6.45) is 3.24. The molecule has 1 aliphatic heterocycles. The number of nitrogens with one attached hydrogen (secondary N) is 1. The fourth-order valence-corrected chi connectivity index (χ4v) is 3.01. The van der Waals surface area contributed by atoms with Gasteiger partial charge in [-0.25, -0.2) is 0 Å². The molecule has 6 heteroatoms. The van der Waals surface area contributed by atoms with E-state index in [1.54, 1.807) is 12.1 Å². The highest BCUT2D eigenvalue weighted by molar-refractivity contribution is 6.33. The molecular weight excluding hydrogens is 302 g/mol. The SMILES string of the molecule is CNCCC1CCN(C(=O)c2cc(Cl)c(N)cc2OC)CC1.